The van der Waals surface area contributed by atoms with Crippen molar-refractivity contribution in [2.75, 3.05) is 14.2 Å². The maximum Gasteiger partial charge on any atom is 0.285 e. The Morgan fingerprint density at radius 3 is 2.61 bits per heavy atom. The molecule has 31 heavy (non-hydrogen) atoms. The van der Waals surface area contributed by atoms with Crippen molar-refractivity contribution in [3.05, 3.63) is 62.8 Å². The Bertz CT molecular complexity index is 1250. The highest BCUT2D eigenvalue weighted by atomic mass is 35.5. The van der Waals surface area contributed by atoms with Crippen molar-refractivity contribution in [1.82, 2.24) is 10.4 Å². The number of thiocarbonyl (C=S) groups is 1. The Kier molecular flexibility index (Phi) is 6.19. The van der Waals surface area contributed by atoms with Gasteiger partial charge in [0.15, 0.2) is 15.8 Å². The van der Waals surface area contributed by atoms with Crippen molar-refractivity contribution in [1.29, 1.82) is 0 Å². The summed E-state index contributed by atoms with van der Waals surface area (Å²) in [5.41, 5.74) is 3.31. The topological polar surface area (TPSA) is 67.9 Å². The molecule has 1 fully saturated rings. The summed E-state index contributed by atoms with van der Waals surface area (Å²) >= 11 is 14.0. The van der Waals surface area contributed by atoms with Crippen molar-refractivity contribution in [3.8, 4) is 11.5 Å². The Morgan fingerprint density at radius 1 is 1.16 bits per heavy atom. The van der Waals surface area contributed by atoms with Crippen LogP contribution >= 0.6 is 46.9 Å². The standard InChI is InChI=1S/C21H15ClN2O4S3/c1-27-13-8-7-11(9-14(13)28-2)10-16-20(26)24(21(29)31-16)23-19(25)18-17(22)12-5-3-4-6-15(12)30-18/h3-10H,1-2H3,(H,23,25)/b16-10-. The van der Waals surface area contributed by atoms with E-state index in [9.17, 15) is 9.59 Å². The van der Waals surface area contributed by atoms with Gasteiger partial charge in [-0.1, -0.05) is 47.6 Å². The molecule has 0 spiro atoms. The van der Waals surface area contributed by atoms with Crippen LogP contribution in [0.4, 0.5) is 0 Å². The largest absolute Gasteiger partial charge is 0.493 e. The maximum absolute atomic E-state index is 12.9. The second-order valence-electron chi connectivity index (χ2n) is 6.31. The molecule has 0 bridgehead atoms. The van der Waals surface area contributed by atoms with Crippen LogP contribution < -0.4 is 14.9 Å². The van der Waals surface area contributed by atoms with Crippen LogP contribution in [0.25, 0.3) is 16.2 Å². The molecule has 158 valence electrons. The summed E-state index contributed by atoms with van der Waals surface area (Å²) < 4.78 is 11.6. The van der Waals surface area contributed by atoms with Gasteiger partial charge in [0.1, 0.15) is 4.88 Å². The van der Waals surface area contributed by atoms with E-state index in [1.54, 1.807) is 31.4 Å². The number of thiophene rings is 1. The third-order valence-corrected chi connectivity index (χ3v) is 7.43. The number of hydrogen-bond acceptors (Lipinski definition) is 7. The molecule has 0 atom stereocenters. The highest BCUT2D eigenvalue weighted by Gasteiger charge is 2.34. The van der Waals surface area contributed by atoms with Gasteiger partial charge in [-0.25, -0.2) is 0 Å². The zero-order chi connectivity index (χ0) is 22.1. The zero-order valence-electron chi connectivity index (χ0n) is 16.3. The van der Waals surface area contributed by atoms with Crippen LogP contribution in [0.1, 0.15) is 15.2 Å². The summed E-state index contributed by atoms with van der Waals surface area (Å²) in [6.45, 7) is 0. The number of carbonyl (C=O) groups is 2. The van der Waals surface area contributed by atoms with Crippen LogP contribution in [0, 0.1) is 0 Å². The lowest BCUT2D eigenvalue weighted by Gasteiger charge is -2.15. The lowest BCUT2D eigenvalue weighted by molar-refractivity contribution is -0.123. The molecule has 2 amide bonds. The van der Waals surface area contributed by atoms with Gasteiger partial charge in [0, 0.05) is 10.1 Å². The van der Waals surface area contributed by atoms with E-state index in [1.807, 2.05) is 24.3 Å². The summed E-state index contributed by atoms with van der Waals surface area (Å²) in [6.07, 6.45) is 1.68. The van der Waals surface area contributed by atoms with E-state index in [0.717, 1.165) is 32.4 Å². The van der Waals surface area contributed by atoms with Gasteiger partial charge in [-0.2, -0.15) is 5.01 Å². The molecule has 4 rings (SSSR count). The summed E-state index contributed by atoms with van der Waals surface area (Å²) in [7, 11) is 3.09. The first-order valence-electron chi connectivity index (χ1n) is 8.91. The number of halogens is 1. The molecule has 2 aromatic carbocycles. The van der Waals surface area contributed by atoms with Crippen molar-refractivity contribution in [2.45, 2.75) is 0 Å². The van der Waals surface area contributed by atoms with Gasteiger partial charge in [0.2, 0.25) is 0 Å². The minimum absolute atomic E-state index is 0.224. The van der Waals surface area contributed by atoms with Crippen molar-refractivity contribution in [3.63, 3.8) is 0 Å². The van der Waals surface area contributed by atoms with Crippen LogP contribution in [-0.4, -0.2) is 35.4 Å². The Balaban J connectivity index is 1.56. The van der Waals surface area contributed by atoms with Crippen LogP contribution in [0.2, 0.25) is 5.02 Å². The van der Waals surface area contributed by atoms with Gasteiger partial charge in [0.25, 0.3) is 11.8 Å². The lowest BCUT2D eigenvalue weighted by atomic mass is 10.2. The number of hydrazine groups is 1. The van der Waals surface area contributed by atoms with Crippen molar-refractivity contribution >= 4 is 79.2 Å². The van der Waals surface area contributed by atoms with Crippen LogP contribution in [0.5, 0.6) is 11.5 Å². The SMILES string of the molecule is COc1ccc(/C=C2\SC(=S)N(NC(=O)c3sc4ccccc4c3Cl)C2=O)cc1OC. The quantitative estimate of drug-likeness (QED) is 0.395. The second-order valence-corrected chi connectivity index (χ2v) is 9.42. The van der Waals surface area contributed by atoms with Crippen molar-refractivity contribution in [2.24, 2.45) is 0 Å². The van der Waals surface area contributed by atoms with Gasteiger partial charge < -0.3 is 9.47 Å². The third-order valence-electron chi connectivity index (χ3n) is 4.45. The molecule has 1 aliphatic rings. The minimum atomic E-state index is -0.491. The van der Waals surface area contributed by atoms with E-state index in [2.05, 4.69) is 5.43 Å². The highest BCUT2D eigenvalue weighted by Crippen LogP contribution is 2.37. The average Bonchev–Trinajstić information content (AvgIpc) is 3.25. The number of rotatable bonds is 5. The molecule has 10 heteroatoms. The minimum Gasteiger partial charge on any atom is -0.493 e. The Hall–Kier alpha value is -2.59. The molecule has 1 aliphatic heterocycles. The van der Waals surface area contributed by atoms with Gasteiger partial charge in [-0.05, 0) is 42.1 Å². The molecular weight excluding hydrogens is 476 g/mol. The number of amides is 2. The van der Waals surface area contributed by atoms with E-state index < -0.39 is 11.8 Å². The summed E-state index contributed by atoms with van der Waals surface area (Å²) in [5, 5.41) is 2.21. The molecule has 0 unspecified atom stereocenters. The highest BCUT2D eigenvalue weighted by molar-refractivity contribution is 8.26. The average molecular weight is 491 g/mol. The zero-order valence-corrected chi connectivity index (χ0v) is 19.5. The summed E-state index contributed by atoms with van der Waals surface area (Å²) in [5.74, 6) is 0.212. The van der Waals surface area contributed by atoms with Crippen molar-refractivity contribution < 1.29 is 19.1 Å². The van der Waals surface area contributed by atoms with Gasteiger partial charge in [-0.3, -0.25) is 15.0 Å². The first-order chi connectivity index (χ1) is 14.9. The summed E-state index contributed by atoms with van der Waals surface area (Å²) in [4.78, 5) is 26.4. The molecule has 0 saturated carbocycles. The molecule has 2 heterocycles. The molecule has 1 N–H and O–H groups in total. The first-order valence-corrected chi connectivity index (χ1v) is 11.3. The number of ether oxygens (including phenoxy) is 2. The number of carbonyl (C=O) groups excluding carboxylic acids is 2. The second kappa shape index (κ2) is 8.88. The van der Waals surface area contributed by atoms with Crippen LogP contribution in [-0.2, 0) is 4.79 Å². The summed E-state index contributed by atoms with van der Waals surface area (Å²) in [6, 6.07) is 12.7. The normalized spacial score (nSPS) is 15.1. The van der Waals surface area contributed by atoms with Gasteiger partial charge in [-0.15, -0.1) is 11.3 Å². The lowest BCUT2D eigenvalue weighted by Crippen LogP contribution is -2.44. The number of nitrogens with one attached hydrogen (secondary N) is 1. The van der Waals surface area contributed by atoms with E-state index in [-0.39, 0.29) is 4.32 Å². The number of hydrogen-bond donors (Lipinski definition) is 1. The number of methoxy groups -OCH3 is 2. The molecule has 1 aromatic heterocycles. The van der Waals surface area contributed by atoms with Crippen LogP contribution in [0.3, 0.4) is 0 Å². The monoisotopic (exact) mass is 490 g/mol. The van der Waals surface area contributed by atoms with E-state index in [1.165, 1.54) is 18.4 Å². The fraction of sp³-hybridized carbons (Fsp3) is 0.0952. The maximum atomic E-state index is 12.9. The third kappa shape index (κ3) is 4.14. The molecule has 6 nitrogen and oxygen atoms in total. The number of nitrogens with zero attached hydrogens (tertiary/aromatic N) is 1. The molecule has 0 aliphatic carbocycles. The van der Waals surface area contributed by atoms with Gasteiger partial charge >= 0.3 is 0 Å². The Morgan fingerprint density at radius 2 is 1.90 bits per heavy atom. The van der Waals surface area contributed by atoms with Crippen LogP contribution in [0.15, 0.2) is 47.4 Å². The fourth-order valence-corrected chi connectivity index (χ4v) is 5.56. The molecule has 3 aromatic rings. The Labute approximate surface area is 196 Å². The predicted octanol–water partition coefficient (Wildman–Crippen LogP) is 5.12. The smallest absolute Gasteiger partial charge is 0.285 e. The van der Waals surface area contributed by atoms with E-state index >= 15 is 0 Å². The molecular formula is C21H15ClN2O4S3. The first kappa shape index (κ1) is 21.6. The number of fused-ring (bicyclic) bond motifs is 1. The molecule has 0 radical (unpaired) electrons. The van der Waals surface area contributed by atoms with Gasteiger partial charge in [0.05, 0.1) is 24.1 Å². The number of benzene rings is 2. The fourth-order valence-electron chi connectivity index (χ4n) is 2.97. The van der Waals surface area contributed by atoms with E-state index in [4.69, 9.17) is 33.3 Å². The predicted molar refractivity (Wildman–Crippen MR) is 129 cm³/mol. The van der Waals surface area contributed by atoms with E-state index in [0.29, 0.717) is 26.3 Å². The number of thioether (sulfide) groups is 1. The molecule has 1 saturated heterocycles.